The van der Waals surface area contributed by atoms with Gasteiger partial charge < -0.3 is 10.4 Å². The Morgan fingerprint density at radius 1 is 1.09 bits per heavy atom. The molecule has 0 heterocycles. The van der Waals surface area contributed by atoms with Crippen molar-refractivity contribution in [3.8, 4) is 0 Å². The van der Waals surface area contributed by atoms with Crippen LogP contribution in [-0.4, -0.2) is 24.8 Å². The highest BCUT2D eigenvalue weighted by atomic mass is 16.3. The summed E-state index contributed by atoms with van der Waals surface area (Å²) in [5, 5.41) is 12.6. The van der Waals surface area contributed by atoms with E-state index >= 15 is 0 Å². The van der Waals surface area contributed by atoms with Crippen LogP contribution in [0.1, 0.15) is 49.7 Å². The van der Waals surface area contributed by atoms with Gasteiger partial charge >= 0.3 is 0 Å². The van der Waals surface area contributed by atoms with Gasteiger partial charge in [-0.05, 0) is 73.7 Å². The molecule has 2 unspecified atom stereocenters. The van der Waals surface area contributed by atoms with Crippen molar-refractivity contribution >= 4 is 0 Å². The Hall–Kier alpha value is -0.860. The molecule has 0 aromatic heterocycles. The number of aryl methyl sites for hydroxylation is 1. The normalized spacial score (nSPS) is 39.4. The van der Waals surface area contributed by atoms with Crippen molar-refractivity contribution in [2.75, 3.05) is 19.7 Å². The lowest BCUT2D eigenvalue weighted by Crippen LogP contribution is -2.57. The Labute approximate surface area is 134 Å². The molecule has 4 aliphatic carbocycles. The van der Waals surface area contributed by atoms with Crippen LogP contribution >= 0.6 is 0 Å². The van der Waals surface area contributed by atoms with Crippen molar-refractivity contribution < 1.29 is 5.11 Å². The first-order valence-electron chi connectivity index (χ1n) is 9.02. The topological polar surface area (TPSA) is 32.3 Å². The lowest BCUT2D eigenvalue weighted by atomic mass is 9.43. The number of aliphatic hydroxyl groups excluding tert-OH is 1. The van der Waals surface area contributed by atoms with Crippen LogP contribution < -0.4 is 5.32 Å². The van der Waals surface area contributed by atoms with Crippen molar-refractivity contribution in [3.63, 3.8) is 0 Å². The van der Waals surface area contributed by atoms with E-state index in [0.717, 1.165) is 24.9 Å². The minimum atomic E-state index is 0.256. The number of aliphatic hydroxyl groups is 1. The monoisotopic (exact) mass is 299 g/mol. The van der Waals surface area contributed by atoms with E-state index in [1.807, 2.05) is 0 Å². The highest BCUT2D eigenvalue weighted by Crippen LogP contribution is 2.65. The lowest BCUT2D eigenvalue weighted by Gasteiger charge is -2.62. The summed E-state index contributed by atoms with van der Waals surface area (Å²) in [6.45, 7) is 4.29. The largest absolute Gasteiger partial charge is 0.395 e. The number of nitrogens with one attached hydrogen (secondary N) is 1. The molecule has 4 saturated carbocycles. The second-order valence-electron chi connectivity index (χ2n) is 8.51. The van der Waals surface area contributed by atoms with Crippen molar-refractivity contribution in [1.29, 1.82) is 0 Å². The summed E-state index contributed by atoms with van der Waals surface area (Å²) in [6.07, 6.45) is 8.47. The first-order chi connectivity index (χ1) is 10.6. The number of hydrogen-bond donors (Lipinski definition) is 2. The van der Waals surface area contributed by atoms with E-state index < -0.39 is 0 Å². The highest BCUT2D eigenvalue weighted by molar-refractivity contribution is 5.32. The molecular weight excluding hydrogens is 270 g/mol. The van der Waals surface area contributed by atoms with Crippen LogP contribution in [-0.2, 0) is 5.41 Å². The summed E-state index contributed by atoms with van der Waals surface area (Å²) in [5.74, 6) is 1.86. The molecule has 4 fully saturated rings. The molecule has 0 radical (unpaired) electrons. The molecule has 2 heteroatoms. The molecule has 120 valence electrons. The first-order valence-corrected chi connectivity index (χ1v) is 9.02. The van der Waals surface area contributed by atoms with Gasteiger partial charge in [-0.25, -0.2) is 0 Å². The van der Waals surface area contributed by atoms with Crippen LogP contribution in [0.25, 0.3) is 0 Å². The number of benzene rings is 1. The van der Waals surface area contributed by atoms with E-state index in [1.165, 1.54) is 44.1 Å². The van der Waals surface area contributed by atoms with Crippen LogP contribution in [0.4, 0.5) is 0 Å². The zero-order chi connectivity index (χ0) is 15.2. The second-order valence-corrected chi connectivity index (χ2v) is 8.51. The molecule has 5 rings (SSSR count). The second kappa shape index (κ2) is 5.35. The summed E-state index contributed by atoms with van der Waals surface area (Å²) in [4.78, 5) is 0. The molecule has 1 aromatic carbocycles. The first kappa shape index (κ1) is 14.7. The third-order valence-electron chi connectivity index (χ3n) is 6.63. The van der Waals surface area contributed by atoms with Gasteiger partial charge in [-0.1, -0.05) is 29.8 Å². The summed E-state index contributed by atoms with van der Waals surface area (Å²) in [5.41, 5.74) is 3.90. The molecule has 0 spiro atoms. The molecule has 4 bridgehead atoms. The van der Waals surface area contributed by atoms with Gasteiger partial charge in [0.15, 0.2) is 0 Å². The third-order valence-corrected chi connectivity index (χ3v) is 6.63. The maximum Gasteiger partial charge on any atom is 0.0555 e. The molecule has 0 aliphatic heterocycles. The van der Waals surface area contributed by atoms with E-state index in [0.29, 0.717) is 10.8 Å². The van der Waals surface area contributed by atoms with Gasteiger partial charge in [0.25, 0.3) is 0 Å². The van der Waals surface area contributed by atoms with Gasteiger partial charge in [0.05, 0.1) is 6.61 Å². The Kier molecular flexibility index (Phi) is 3.58. The van der Waals surface area contributed by atoms with Gasteiger partial charge in [0.1, 0.15) is 0 Å². The molecule has 4 aliphatic rings. The summed E-state index contributed by atoms with van der Waals surface area (Å²) >= 11 is 0. The zero-order valence-electron chi connectivity index (χ0n) is 13.8. The Morgan fingerprint density at radius 3 is 2.41 bits per heavy atom. The van der Waals surface area contributed by atoms with Crippen LogP contribution in [0.2, 0.25) is 0 Å². The van der Waals surface area contributed by atoms with Gasteiger partial charge in [0, 0.05) is 13.1 Å². The maximum absolute atomic E-state index is 9.07. The van der Waals surface area contributed by atoms with E-state index in [2.05, 4.69) is 36.5 Å². The average molecular weight is 299 g/mol. The van der Waals surface area contributed by atoms with Crippen LogP contribution in [0.5, 0.6) is 0 Å². The van der Waals surface area contributed by atoms with Crippen LogP contribution in [0, 0.1) is 24.2 Å². The predicted molar refractivity (Wildman–Crippen MR) is 89.9 cm³/mol. The Bertz CT molecular complexity index is 521. The Morgan fingerprint density at radius 2 is 1.77 bits per heavy atom. The fourth-order valence-corrected chi connectivity index (χ4v) is 6.34. The van der Waals surface area contributed by atoms with Crippen LogP contribution in [0.15, 0.2) is 24.3 Å². The van der Waals surface area contributed by atoms with Gasteiger partial charge in [-0.3, -0.25) is 0 Å². The lowest BCUT2D eigenvalue weighted by molar-refractivity contribution is -0.0708. The fourth-order valence-electron chi connectivity index (χ4n) is 6.34. The van der Waals surface area contributed by atoms with E-state index in [-0.39, 0.29) is 6.61 Å². The Balaban J connectivity index is 1.62. The zero-order valence-corrected chi connectivity index (χ0v) is 13.8. The molecular formula is C20H29NO. The number of rotatable bonds is 5. The van der Waals surface area contributed by atoms with Crippen LogP contribution in [0.3, 0.4) is 0 Å². The van der Waals surface area contributed by atoms with E-state index in [4.69, 9.17) is 5.11 Å². The van der Waals surface area contributed by atoms with Gasteiger partial charge in [0.2, 0.25) is 0 Å². The minimum absolute atomic E-state index is 0.256. The van der Waals surface area contributed by atoms with Crippen molar-refractivity contribution in [3.05, 3.63) is 35.4 Å². The molecule has 2 nitrogen and oxygen atoms in total. The molecule has 0 amide bonds. The fraction of sp³-hybridized carbons (Fsp3) is 0.700. The molecule has 22 heavy (non-hydrogen) atoms. The summed E-state index contributed by atoms with van der Waals surface area (Å²) < 4.78 is 0. The number of hydrogen-bond acceptors (Lipinski definition) is 2. The molecule has 1 aromatic rings. The molecule has 0 saturated heterocycles. The molecule has 2 atom stereocenters. The van der Waals surface area contributed by atoms with E-state index in [1.54, 1.807) is 5.56 Å². The summed E-state index contributed by atoms with van der Waals surface area (Å²) in [7, 11) is 0. The highest BCUT2D eigenvalue weighted by Gasteiger charge is 2.57. The quantitative estimate of drug-likeness (QED) is 0.817. The smallest absolute Gasteiger partial charge is 0.0555 e. The van der Waals surface area contributed by atoms with Gasteiger partial charge in [-0.15, -0.1) is 0 Å². The van der Waals surface area contributed by atoms with E-state index in [9.17, 15) is 0 Å². The summed E-state index contributed by atoms with van der Waals surface area (Å²) in [6, 6.07) is 9.39. The minimum Gasteiger partial charge on any atom is -0.395 e. The van der Waals surface area contributed by atoms with Crippen molar-refractivity contribution in [1.82, 2.24) is 5.32 Å². The molecule has 2 N–H and O–H groups in total. The van der Waals surface area contributed by atoms with Gasteiger partial charge in [-0.2, -0.15) is 0 Å². The third kappa shape index (κ3) is 2.41. The van der Waals surface area contributed by atoms with Crippen molar-refractivity contribution in [2.24, 2.45) is 17.3 Å². The SMILES string of the molecule is Cc1ccc(C23CC4CC(CC(CNCCO)(C4)C2)C3)cc1. The average Bonchev–Trinajstić information content (AvgIpc) is 2.46. The van der Waals surface area contributed by atoms with Crippen molar-refractivity contribution in [2.45, 2.75) is 50.9 Å². The standard InChI is InChI=1S/C20H29NO/c1-15-2-4-18(5-3-15)20-11-16-8-17(12-20)10-19(9-16,13-20)14-21-6-7-22/h2-5,16-17,21-22H,6-14H2,1H3. The maximum atomic E-state index is 9.07. The predicted octanol–water partition coefficient (Wildman–Crippen LogP) is 3.41.